The van der Waals surface area contributed by atoms with E-state index < -0.39 is 0 Å². The average molecular weight is 396 g/mol. The zero-order valence-corrected chi connectivity index (χ0v) is 18.0. The molecule has 0 saturated carbocycles. The topological polar surface area (TPSA) is 43.9 Å². The predicted molar refractivity (Wildman–Crippen MR) is 115 cm³/mol. The van der Waals surface area contributed by atoms with E-state index >= 15 is 0 Å². The Morgan fingerprint density at radius 1 is 1.00 bits per heavy atom. The third-order valence-corrected chi connectivity index (χ3v) is 7.28. The highest BCUT2D eigenvalue weighted by Gasteiger charge is 2.59. The summed E-state index contributed by atoms with van der Waals surface area (Å²) >= 11 is 0. The Morgan fingerprint density at radius 3 is 2.31 bits per heavy atom. The van der Waals surface area contributed by atoms with Gasteiger partial charge in [0, 0.05) is 25.7 Å². The zero-order valence-electron chi connectivity index (χ0n) is 18.0. The summed E-state index contributed by atoms with van der Waals surface area (Å²) in [5.41, 5.74) is 1.99. The molecule has 1 aliphatic carbocycles. The Morgan fingerprint density at radius 2 is 1.66 bits per heavy atom. The van der Waals surface area contributed by atoms with Gasteiger partial charge < -0.3 is 4.90 Å². The molecule has 29 heavy (non-hydrogen) atoms. The van der Waals surface area contributed by atoms with E-state index in [1.165, 1.54) is 10.5 Å². The quantitative estimate of drug-likeness (QED) is 0.549. The standard InChI is InChI=1S/C24H33N3O2/c1-5-25(6-2)12-13-26-15-17(4)20-16(3)14-19(26)21-22(20)24(29)27(23(21)28)18-10-8-7-9-11-18/h7-11,14,17,19-22H,5-6,12-13,15H2,1-4H3/t17-,19-,20+,21+,22-/m0/s1. The van der Waals surface area contributed by atoms with Crippen molar-refractivity contribution in [1.29, 1.82) is 0 Å². The Kier molecular flexibility index (Phi) is 5.63. The summed E-state index contributed by atoms with van der Waals surface area (Å²) in [4.78, 5) is 33.4. The van der Waals surface area contributed by atoms with Crippen LogP contribution in [0.15, 0.2) is 42.0 Å². The lowest BCUT2D eigenvalue weighted by atomic mass is 9.68. The monoisotopic (exact) mass is 395 g/mol. The maximum absolute atomic E-state index is 13.5. The molecule has 3 aliphatic heterocycles. The molecule has 2 amide bonds. The molecule has 156 valence electrons. The number of carbonyl (C=O) groups is 2. The summed E-state index contributed by atoms with van der Waals surface area (Å²) in [6.45, 7) is 13.7. The number of hydrogen-bond donors (Lipinski definition) is 0. The van der Waals surface area contributed by atoms with Crippen LogP contribution >= 0.6 is 0 Å². The van der Waals surface area contributed by atoms with E-state index in [9.17, 15) is 9.59 Å². The van der Waals surface area contributed by atoms with Crippen LogP contribution in [-0.2, 0) is 9.59 Å². The van der Waals surface area contributed by atoms with Gasteiger partial charge in [0.2, 0.25) is 11.8 Å². The highest BCUT2D eigenvalue weighted by molar-refractivity contribution is 6.22. The number of para-hydroxylation sites is 1. The van der Waals surface area contributed by atoms with Crippen molar-refractivity contribution >= 4 is 17.5 Å². The van der Waals surface area contributed by atoms with Gasteiger partial charge in [-0.15, -0.1) is 0 Å². The van der Waals surface area contributed by atoms with E-state index in [0.29, 0.717) is 11.6 Å². The van der Waals surface area contributed by atoms with Crippen molar-refractivity contribution in [3.63, 3.8) is 0 Å². The van der Waals surface area contributed by atoms with Gasteiger partial charge in [-0.1, -0.05) is 50.6 Å². The molecule has 2 bridgehead atoms. The van der Waals surface area contributed by atoms with Gasteiger partial charge in [0.15, 0.2) is 0 Å². The summed E-state index contributed by atoms with van der Waals surface area (Å²) in [6.07, 6.45) is 2.29. The molecule has 0 radical (unpaired) electrons. The summed E-state index contributed by atoms with van der Waals surface area (Å²) in [7, 11) is 0. The molecule has 0 spiro atoms. The molecular formula is C24H33N3O2. The molecule has 0 unspecified atom stereocenters. The van der Waals surface area contributed by atoms with Gasteiger partial charge in [-0.25, -0.2) is 4.90 Å². The van der Waals surface area contributed by atoms with Crippen LogP contribution in [0.2, 0.25) is 0 Å². The van der Waals surface area contributed by atoms with Crippen molar-refractivity contribution in [2.75, 3.05) is 37.6 Å². The Hall–Kier alpha value is -1.98. The molecule has 5 rings (SSSR count). The minimum Gasteiger partial charge on any atom is -0.303 e. The number of likely N-dealkylation sites (N-methyl/N-ethyl adjacent to an activating group) is 1. The van der Waals surface area contributed by atoms with Crippen LogP contribution in [0.1, 0.15) is 27.7 Å². The first-order chi connectivity index (χ1) is 14.0. The van der Waals surface area contributed by atoms with Gasteiger partial charge in [0.05, 0.1) is 17.5 Å². The lowest BCUT2D eigenvalue weighted by Crippen LogP contribution is -2.47. The molecule has 0 aromatic heterocycles. The van der Waals surface area contributed by atoms with Crippen LogP contribution < -0.4 is 4.90 Å². The molecule has 2 fully saturated rings. The fourth-order valence-corrected chi connectivity index (χ4v) is 5.84. The molecule has 4 aliphatic rings. The number of hydrogen-bond acceptors (Lipinski definition) is 4. The van der Waals surface area contributed by atoms with Crippen molar-refractivity contribution in [2.24, 2.45) is 23.7 Å². The smallest absolute Gasteiger partial charge is 0.239 e. The van der Waals surface area contributed by atoms with Crippen LogP contribution in [0.25, 0.3) is 0 Å². The van der Waals surface area contributed by atoms with Crippen molar-refractivity contribution < 1.29 is 9.59 Å². The summed E-state index contributed by atoms with van der Waals surface area (Å²) in [5, 5.41) is 0. The van der Waals surface area contributed by atoms with E-state index in [0.717, 1.165) is 32.7 Å². The Balaban J connectivity index is 1.68. The van der Waals surface area contributed by atoms with E-state index in [1.807, 2.05) is 30.3 Å². The Labute approximate surface area is 174 Å². The van der Waals surface area contributed by atoms with Gasteiger partial charge >= 0.3 is 0 Å². The molecule has 5 nitrogen and oxygen atoms in total. The van der Waals surface area contributed by atoms with Gasteiger partial charge in [-0.3, -0.25) is 14.5 Å². The number of carbonyl (C=O) groups excluding carboxylic acids is 2. The number of benzene rings is 1. The number of fused-ring (bicyclic) bond motifs is 2. The fraction of sp³-hybridized carbons (Fsp3) is 0.583. The third-order valence-electron chi connectivity index (χ3n) is 7.28. The van der Waals surface area contributed by atoms with E-state index in [1.54, 1.807) is 0 Å². The second kappa shape index (κ2) is 8.04. The number of amides is 2. The first kappa shape index (κ1) is 20.3. The number of allylic oxidation sites excluding steroid dienone is 1. The first-order valence-electron chi connectivity index (χ1n) is 11.1. The normalized spacial score (nSPS) is 32.0. The van der Waals surface area contributed by atoms with Crippen LogP contribution in [0, 0.1) is 23.7 Å². The lowest BCUT2D eigenvalue weighted by molar-refractivity contribution is -0.123. The average Bonchev–Trinajstić information content (AvgIpc) is 2.83. The van der Waals surface area contributed by atoms with Gasteiger partial charge in [-0.05, 0) is 44.0 Å². The van der Waals surface area contributed by atoms with E-state index in [-0.39, 0.29) is 35.6 Å². The maximum Gasteiger partial charge on any atom is 0.239 e. The lowest BCUT2D eigenvalue weighted by Gasteiger charge is -2.36. The van der Waals surface area contributed by atoms with E-state index in [4.69, 9.17) is 0 Å². The largest absolute Gasteiger partial charge is 0.303 e. The summed E-state index contributed by atoms with van der Waals surface area (Å²) < 4.78 is 0. The number of imide groups is 1. The summed E-state index contributed by atoms with van der Waals surface area (Å²) in [5.74, 6) is -0.0162. The second-order valence-corrected chi connectivity index (χ2v) is 8.83. The minimum atomic E-state index is -0.266. The van der Waals surface area contributed by atoms with Crippen LogP contribution in [0.3, 0.4) is 0 Å². The maximum atomic E-state index is 13.5. The van der Waals surface area contributed by atoms with Crippen molar-refractivity contribution in [3.8, 4) is 0 Å². The minimum absolute atomic E-state index is 0.00825. The molecule has 0 N–H and O–H groups in total. The fourth-order valence-electron chi connectivity index (χ4n) is 5.84. The highest BCUT2D eigenvalue weighted by Crippen LogP contribution is 2.49. The number of rotatable bonds is 6. The van der Waals surface area contributed by atoms with Crippen LogP contribution in [-0.4, -0.2) is 60.4 Å². The molecule has 5 atom stereocenters. The van der Waals surface area contributed by atoms with Crippen molar-refractivity contribution in [2.45, 2.75) is 33.7 Å². The molecule has 3 heterocycles. The highest BCUT2D eigenvalue weighted by atomic mass is 16.2. The van der Waals surface area contributed by atoms with Crippen molar-refractivity contribution in [3.05, 3.63) is 42.0 Å². The molecule has 1 aromatic carbocycles. The van der Waals surface area contributed by atoms with Gasteiger partial charge in [-0.2, -0.15) is 0 Å². The second-order valence-electron chi connectivity index (χ2n) is 8.83. The third kappa shape index (κ3) is 3.34. The number of anilines is 1. The molecular weight excluding hydrogens is 362 g/mol. The Bertz CT molecular complexity index is 802. The van der Waals surface area contributed by atoms with Crippen LogP contribution in [0.4, 0.5) is 5.69 Å². The first-order valence-corrected chi connectivity index (χ1v) is 11.1. The molecule has 5 heteroatoms. The zero-order chi connectivity index (χ0) is 20.7. The van der Waals surface area contributed by atoms with E-state index in [2.05, 4.69) is 43.6 Å². The molecule has 1 aromatic rings. The summed E-state index contributed by atoms with van der Waals surface area (Å²) in [6, 6.07) is 9.44. The van der Waals surface area contributed by atoms with Gasteiger partial charge in [0.25, 0.3) is 0 Å². The SMILES string of the molecule is CCN(CC)CCN1C[C@H](C)[C@H]2C(C)=C[C@H]1[C@H]1C(=O)N(c3ccccc3)C(=O)[C@@H]21. The molecule has 2 saturated heterocycles. The van der Waals surface area contributed by atoms with Gasteiger partial charge in [0.1, 0.15) is 0 Å². The van der Waals surface area contributed by atoms with Crippen molar-refractivity contribution in [1.82, 2.24) is 9.80 Å². The predicted octanol–water partition coefficient (Wildman–Crippen LogP) is 3.03. The number of nitrogens with zero attached hydrogens (tertiary/aromatic N) is 3. The van der Waals surface area contributed by atoms with Crippen LogP contribution in [0.5, 0.6) is 0 Å².